The van der Waals surface area contributed by atoms with Crippen molar-refractivity contribution in [1.82, 2.24) is 0 Å². The lowest BCUT2D eigenvalue weighted by Crippen LogP contribution is -2.13. The maximum absolute atomic E-state index is 11.0. The second kappa shape index (κ2) is 6.84. The van der Waals surface area contributed by atoms with Crippen molar-refractivity contribution in [1.29, 1.82) is 0 Å². The van der Waals surface area contributed by atoms with Gasteiger partial charge in [-0.15, -0.1) is 0 Å². The van der Waals surface area contributed by atoms with Gasteiger partial charge in [-0.1, -0.05) is 19.8 Å². The summed E-state index contributed by atoms with van der Waals surface area (Å²) >= 11 is 0. The Morgan fingerprint density at radius 1 is 1.53 bits per heavy atom. The molecule has 0 radical (unpaired) electrons. The predicted molar refractivity (Wildman–Crippen MR) is 71.2 cm³/mol. The van der Waals surface area contributed by atoms with Gasteiger partial charge in [0.15, 0.2) is 0 Å². The summed E-state index contributed by atoms with van der Waals surface area (Å²) in [5.74, 6) is 1.32. The van der Waals surface area contributed by atoms with Gasteiger partial charge in [-0.05, 0) is 32.0 Å². The van der Waals surface area contributed by atoms with Crippen molar-refractivity contribution < 1.29 is 14.0 Å². The molecular weight excluding hydrogens is 232 g/mol. The van der Waals surface area contributed by atoms with E-state index in [0.29, 0.717) is 5.92 Å². The van der Waals surface area contributed by atoms with Crippen LogP contribution in [0.2, 0.25) is 13.1 Å². The third kappa shape index (κ3) is 4.94. The first kappa shape index (κ1) is 14.3. The van der Waals surface area contributed by atoms with Crippen molar-refractivity contribution in [2.24, 2.45) is 5.92 Å². The molecule has 0 fully saturated rings. The Morgan fingerprint density at radius 2 is 2.24 bits per heavy atom. The number of esters is 1. The van der Waals surface area contributed by atoms with Gasteiger partial charge in [0.05, 0.1) is 5.76 Å². The summed E-state index contributed by atoms with van der Waals surface area (Å²) in [7, 11) is -1.07. The normalized spacial score (nSPS) is 23.7. The molecule has 3 nitrogen and oxygen atoms in total. The summed E-state index contributed by atoms with van der Waals surface area (Å²) in [6.45, 7) is 7.98. The molecule has 0 aromatic rings. The van der Waals surface area contributed by atoms with Crippen LogP contribution in [-0.4, -0.2) is 21.1 Å². The van der Waals surface area contributed by atoms with Crippen LogP contribution in [0.4, 0.5) is 0 Å². The molecule has 0 amide bonds. The van der Waals surface area contributed by atoms with E-state index in [1.165, 1.54) is 19.8 Å². The average Bonchev–Trinajstić information content (AvgIpc) is 2.55. The Bertz CT molecular complexity index is 286. The van der Waals surface area contributed by atoms with Gasteiger partial charge in [0.25, 0.3) is 0 Å². The lowest BCUT2D eigenvalue weighted by molar-refractivity contribution is -0.144. The van der Waals surface area contributed by atoms with Crippen LogP contribution in [-0.2, 0) is 14.0 Å². The zero-order chi connectivity index (χ0) is 12.8. The molecule has 0 aromatic carbocycles. The quantitative estimate of drug-likeness (QED) is 0.541. The minimum absolute atomic E-state index is 0.0721. The van der Waals surface area contributed by atoms with Crippen LogP contribution in [0, 0.1) is 5.92 Å². The van der Waals surface area contributed by atoms with E-state index in [9.17, 15) is 4.79 Å². The Hall–Kier alpha value is -0.773. The summed E-state index contributed by atoms with van der Waals surface area (Å²) in [6, 6.07) is 0. The molecule has 1 aliphatic carbocycles. The minimum atomic E-state index is -1.07. The number of allylic oxidation sites excluding steroid dienone is 1. The molecule has 17 heavy (non-hydrogen) atoms. The van der Waals surface area contributed by atoms with Crippen LogP contribution in [0.25, 0.3) is 0 Å². The highest BCUT2D eigenvalue weighted by Gasteiger charge is 2.29. The number of carbonyl (C=O) groups excluding carboxylic acids is 1. The Kier molecular flexibility index (Phi) is 5.75. The number of carbonyl (C=O) groups is 1. The molecule has 0 N–H and O–H groups in total. The largest absolute Gasteiger partial charge is 0.550 e. The van der Waals surface area contributed by atoms with Crippen molar-refractivity contribution in [3.8, 4) is 0 Å². The standard InChI is InChI=1S/C13H24O3Si/c1-5-6-7-11-8-12(15-10(2)14)9-13(11)16-17(3)4/h9,11-12,17H,5-8H2,1-4H3. The summed E-state index contributed by atoms with van der Waals surface area (Å²) in [5, 5.41) is 0. The van der Waals surface area contributed by atoms with Gasteiger partial charge in [0.1, 0.15) is 6.10 Å². The molecule has 0 aromatic heterocycles. The zero-order valence-electron chi connectivity index (χ0n) is 11.4. The van der Waals surface area contributed by atoms with Crippen molar-refractivity contribution >= 4 is 15.0 Å². The van der Waals surface area contributed by atoms with E-state index in [-0.39, 0.29) is 12.1 Å². The molecule has 4 heteroatoms. The van der Waals surface area contributed by atoms with Gasteiger partial charge in [0, 0.05) is 12.8 Å². The van der Waals surface area contributed by atoms with Crippen molar-refractivity contribution in [2.45, 2.75) is 58.7 Å². The molecule has 1 aliphatic rings. The summed E-state index contributed by atoms with van der Waals surface area (Å²) in [5.41, 5.74) is 0. The SMILES string of the molecule is CCCCC1CC(OC(C)=O)C=C1O[SiH](C)C. The molecule has 0 spiro atoms. The average molecular weight is 256 g/mol. The molecule has 0 heterocycles. The smallest absolute Gasteiger partial charge is 0.303 e. The molecule has 0 saturated carbocycles. The third-order valence-corrected chi connectivity index (χ3v) is 3.61. The van der Waals surface area contributed by atoms with E-state index < -0.39 is 9.04 Å². The number of rotatable bonds is 6. The summed E-state index contributed by atoms with van der Waals surface area (Å²) in [4.78, 5) is 11.0. The van der Waals surface area contributed by atoms with E-state index in [2.05, 4.69) is 20.0 Å². The Morgan fingerprint density at radius 3 is 2.76 bits per heavy atom. The van der Waals surface area contributed by atoms with Crippen LogP contribution in [0.5, 0.6) is 0 Å². The molecule has 0 bridgehead atoms. The molecule has 1 rings (SSSR count). The van der Waals surface area contributed by atoms with Crippen LogP contribution in [0.15, 0.2) is 11.8 Å². The van der Waals surface area contributed by atoms with Gasteiger partial charge in [0.2, 0.25) is 9.04 Å². The van der Waals surface area contributed by atoms with E-state index in [4.69, 9.17) is 9.16 Å². The van der Waals surface area contributed by atoms with Gasteiger partial charge in [-0.3, -0.25) is 4.79 Å². The fourth-order valence-corrected chi connectivity index (χ4v) is 3.01. The van der Waals surface area contributed by atoms with E-state index in [1.54, 1.807) is 0 Å². The number of hydrogen-bond acceptors (Lipinski definition) is 3. The van der Waals surface area contributed by atoms with Crippen LogP contribution in [0.1, 0.15) is 39.5 Å². The highest BCUT2D eigenvalue weighted by atomic mass is 28.3. The van der Waals surface area contributed by atoms with Crippen molar-refractivity contribution in [2.75, 3.05) is 0 Å². The number of ether oxygens (including phenoxy) is 1. The second-order valence-electron chi connectivity index (χ2n) is 4.96. The number of unbranched alkanes of at least 4 members (excludes halogenated alkanes) is 1. The van der Waals surface area contributed by atoms with Gasteiger partial charge in [-0.25, -0.2) is 0 Å². The topological polar surface area (TPSA) is 35.5 Å². The monoisotopic (exact) mass is 256 g/mol. The van der Waals surface area contributed by atoms with Gasteiger partial charge >= 0.3 is 5.97 Å². The van der Waals surface area contributed by atoms with E-state index in [1.807, 2.05) is 6.08 Å². The first-order valence-electron chi connectivity index (χ1n) is 6.58. The van der Waals surface area contributed by atoms with Crippen molar-refractivity contribution in [3.63, 3.8) is 0 Å². The lowest BCUT2D eigenvalue weighted by Gasteiger charge is -2.18. The second-order valence-corrected chi connectivity index (χ2v) is 7.29. The predicted octanol–water partition coefficient (Wildman–Crippen LogP) is 3.01. The maximum Gasteiger partial charge on any atom is 0.303 e. The van der Waals surface area contributed by atoms with Gasteiger partial charge in [-0.2, -0.15) is 0 Å². The fourth-order valence-electron chi connectivity index (χ4n) is 2.20. The fraction of sp³-hybridized carbons (Fsp3) is 0.769. The lowest BCUT2D eigenvalue weighted by atomic mass is 10.0. The van der Waals surface area contributed by atoms with Crippen molar-refractivity contribution in [3.05, 3.63) is 11.8 Å². The highest BCUT2D eigenvalue weighted by molar-refractivity contribution is 6.48. The molecule has 2 unspecified atom stereocenters. The van der Waals surface area contributed by atoms with E-state index >= 15 is 0 Å². The molecular formula is C13H24O3Si. The van der Waals surface area contributed by atoms with Crippen LogP contribution in [0.3, 0.4) is 0 Å². The molecule has 2 atom stereocenters. The summed E-state index contributed by atoms with van der Waals surface area (Å²) in [6.07, 6.45) is 6.38. The Balaban J connectivity index is 2.58. The first-order valence-corrected chi connectivity index (χ1v) is 9.36. The first-order chi connectivity index (χ1) is 8.02. The molecule has 0 aliphatic heterocycles. The maximum atomic E-state index is 11.0. The van der Waals surface area contributed by atoms with Crippen LogP contribution < -0.4 is 0 Å². The van der Waals surface area contributed by atoms with Crippen LogP contribution >= 0.6 is 0 Å². The molecule has 98 valence electrons. The van der Waals surface area contributed by atoms with E-state index in [0.717, 1.165) is 18.6 Å². The minimum Gasteiger partial charge on any atom is -0.550 e. The summed E-state index contributed by atoms with van der Waals surface area (Å²) < 4.78 is 11.2. The highest BCUT2D eigenvalue weighted by Crippen LogP contribution is 2.33. The zero-order valence-corrected chi connectivity index (χ0v) is 12.5. The Labute approximate surface area is 106 Å². The molecule has 0 saturated heterocycles. The number of hydrogen-bond donors (Lipinski definition) is 0. The third-order valence-electron chi connectivity index (χ3n) is 2.86. The van der Waals surface area contributed by atoms with Gasteiger partial charge < -0.3 is 9.16 Å².